The molecule has 2 heterocycles. The van der Waals surface area contributed by atoms with Crippen molar-refractivity contribution in [2.45, 2.75) is 12.7 Å². The summed E-state index contributed by atoms with van der Waals surface area (Å²) < 4.78 is 39.4. The summed E-state index contributed by atoms with van der Waals surface area (Å²) in [6.45, 7) is -0.457. The van der Waals surface area contributed by atoms with Crippen molar-refractivity contribution in [2.24, 2.45) is 0 Å². The zero-order chi connectivity index (χ0) is 15.5. The second-order valence-corrected chi connectivity index (χ2v) is 5.09. The van der Waals surface area contributed by atoms with Crippen LogP contribution in [0, 0.1) is 11.8 Å². The number of alkyl halides is 3. The molecule has 2 rings (SSSR count). The summed E-state index contributed by atoms with van der Waals surface area (Å²) in [6.07, 6.45) is -4.59. The Balaban J connectivity index is 2.36. The maximum absolute atomic E-state index is 12.9. The number of hydrogen-bond acceptors (Lipinski definition) is 3. The molecule has 0 aliphatic heterocycles. The lowest BCUT2D eigenvalue weighted by Gasteiger charge is -2.13. The molecule has 1 N–H and O–H groups in total. The minimum absolute atomic E-state index is 0.167. The van der Waals surface area contributed by atoms with Crippen LogP contribution in [0.5, 0.6) is 0 Å². The number of aliphatic hydroxyl groups excluding tert-OH is 1. The first-order chi connectivity index (χ1) is 9.91. The van der Waals surface area contributed by atoms with E-state index in [1.165, 1.54) is 11.3 Å². The second kappa shape index (κ2) is 6.16. The lowest BCUT2D eigenvalue weighted by Crippen LogP contribution is -2.27. The van der Waals surface area contributed by atoms with E-state index in [-0.39, 0.29) is 13.2 Å². The van der Waals surface area contributed by atoms with Gasteiger partial charge in [-0.1, -0.05) is 17.9 Å². The summed E-state index contributed by atoms with van der Waals surface area (Å²) in [5, 5.41) is 10.3. The van der Waals surface area contributed by atoms with E-state index in [1.54, 1.807) is 11.4 Å². The Kier molecular flexibility index (Phi) is 4.50. The first kappa shape index (κ1) is 15.4. The van der Waals surface area contributed by atoms with Crippen LogP contribution in [0.15, 0.2) is 34.4 Å². The van der Waals surface area contributed by atoms with Crippen LogP contribution >= 0.6 is 11.3 Å². The number of nitrogens with zero attached hydrogens (tertiary/aromatic N) is 1. The van der Waals surface area contributed by atoms with Gasteiger partial charge in [0.25, 0.3) is 5.56 Å². The molecule has 0 bridgehead atoms. The molecule has 0 aliphatic carbocycles. The van der Waals surface area contributed by atoms with Crippen LogP contribution in [0.1, 0.15) is 16.1 Å². The van der Waals surface area contributed by atoms with Gasteiger partial charge in [-0.05, 0) is 12.1 Å². The van der Waals surface area contributed by atoms with Crippen molar-refractivity contribution in [1.82, 2.24) is 4.57 Å². The summed E-state index contributed by atoms with van der Waals surface area (Å²) >= 11 is 1.21. The summed E-state index contributed by atoms with van der Waals surface area (Å²) in [6, 6.07) is 4.66. The molecule has 0 spiro atoms. The number of rotatable bonds is 2. The molecule has 0 saturated heterocycles. The average molecular weight is 313 g/mol. The SMILES string of the molecule is O=c1cccc(C(F)(F)F)n1Cc1cc(C#CCO)cs1. The predicted molar refractivity (Wildman–Crippen MR) is 73.1 cm³/mol. The van der Waals surface area contributed by atoms with Crippen LogP contribution < -0.4 is 5.56 Å². The maximum Gasteiger partial charge on any atom is 0.431 e. The van der Waals surface area contributed by atoms with E-state index in [1.807, 2.05) is 0 Å². The lowest BCUT2D eigenvalue weighted by atomic mass is 10.3. The van der Waals surface area contributed by atoms with Gasteiger partial charge >= 0.3 is 6.18 Å². The van der Waals surface area contributed by atoms with Crippen molar-refractivity contribution in [3.8, 4) is 11.8 Å². The van der Waals surface area contributed by atoms with Gasteiger partial charge in [0.15, 0.2) is 0 Å². The Labute approximate surface area is 122 Å². The highest BCUT2D eigenvalue weighted by molar-refractivity contribution is 7.10. The van der Waals surface area contributed by atoms with Crippen molar-refractivity contribution >= 4 is 11.3 Å². The van der Waals surface area contributed by atoms with Gasteiger partial charge < -0.3 is 5.11 Å². The van der Waals surface area contributed by atoms with Gasteiger partial charge in [-0.15, -0.1) is 11.3 Å². The molecule has 0 unspecified atom stereocenters. The summed E-state index contributed by atoms with van der Waals surface area (Å²) in [7, 11) is 0. The molecule has 2 aromatic heterocycles. The van der Waals surface area contributed by atoms with Crippen molar-refractivity contribution in [1.29, 1.82) is 0 Å². The summed E-state index contributed by atoms with van der Waals surface area (Å²) in [4.78, 5) is 12.3. The van der Waals surface area contributed by atoms with Gasteiger partial charge in [0, 0.05) is 21.9 Å². The van der Waals surface area contributed by atoms with Crippen LogP contribution in [-0.4, -0.2) is 16.3 Å². The standard InChI is InChI=1S/C14H10F3NO2S/c15-14(16,17)12-4-1-5-13(20)18(12)8-11-7-10(9-21-11)3-2-6-19/h1,4-5,7,9,19H,6,8H2. The Morgan fingerprint density at radius 2 is 2.10 bits per heavy atom. The minimum Gasteiger partial charge on any atom is -0.384 e. The molecule has 21 heavy (non-hydrogen) atoms. The van der Waals surface area contributed by atoms with Crippen molar-refractivity contribution in [3.05, 3.63) is 56.1 Å². The molecule has 0 aromatic carbocycles. The Morgan fingerprint density at radius 3 is 2.76 bits per heavy atom. The highest BCUT2D eigenvalue weighted by Crippen LogP contribution is 2.29. The zero-order valence-electron chi connectivity index (χ0n) is 10.6. The normalized spacial score (nSPS) is 11.0. The number of hydrogen-bond donors (Lipinski definition) is 1. The molecule has 7 heteroatoms. The van der Waals surface area contributed by atoms with Crippen LogP contribution in [0.3, 0.4) is 0 Å². The molecule has 110 valence electrons. The highest BCUT2D eigenvalue weighted by Gasteiger charge is 2.34. The quantitative estimate of drug-likeness (QED) is 0.865. The molecule has 3 nitrogen and oxygen atoms in total. The first-order valence-corrected chi connectivity index (χ1v) is 6.74. The number of aliphatic hydroxyl groups is 1. The van der Waals surface area contributed by atoms with E-state index in [0.717, 1.165) is 18.2 Å². The van der Waals surface area contributed by atoms with Crippen molar-refractivity contribution in [2.75, 3.05) is 6.61 Å². The molecule has 0 radical (unpaired) electrons. The number of aromatic nitrogens is 1. The van der Waals surface area contributed by atoms with Crippen LogP contribution in [0.2, 0.25) is 0 Å². The van der Waals surface area contributed by atoms with Gasteiger partial charge in [0.1, 0.15) is 12.3 Å². The third-order valence-electron chi connectivity index (χ3n) is 2.62. The number of halogens is 3. The van der Waals surface area contributed by atoms with Crippen LogP contribution in [0.25, 0.3) is 0 Å². The number of pyridine rings is 1. The van der Waals surface area contributed by atoms with Crippen LogP contribution in [-0.2, 0) is 12.7 Å². The van der Waals surface area contributed by atoms with Gasteiger partial charge in [-0.25, -0.2) is 0 Å². The Hall–Kier alpha value is -2.04. The van der Waals surface area contributed by atoms with Gasteiger partial charge in [-0.3, -0.25) is 9.36 Å². The van der Waals surface area contributed by atoms with Crippen molar-refractivity contribution in [3.63, 3.8) is 0 Å². The summed E-state index contributed by atoms with van der Waals surface area (Å²) in [5.74, 6) is 5.11. The van der Waals surface area contributed by atoms with Crippen molar-refractivity contribution < 1.29 is 18.3 Å². The molecule has 0 fully saturated rings. The van der Waals surface area contributed by atoms with Gasteiger partial charge in [0.2, 0.25) is 0 Å². The fourth-order valence-corrected chi connectivity index (χ4v) is 2.56. The Morgan fingerprint density at radius 1 is 1.33 bits per heavy atom. The zero-order valence-corrected chi connectivity index (χ0v) is 11.5. The molecule has 0 saturated carbocycles. The van der Waals surface area contributed by atoms with E-state index >= 15 is 0 Å². The molecule has 0 amide bonds. The summed E-state index contributed by atoms with van der Waals surface area (Å²) in [5.41, 5.74) is -1.09. The lowest BCUT2D eigenvalue weighted by molar-refractivity contribution is -0.144. The molecule has 0 aliphatic rings. The average Bonchev–Trinajstić information content (AvgIpc) is 2.85. The molecule has 0 atom stereocenters. The molecular weight excluding hydrogens is 303 g/mol. The second-order valence-electron chi connectivity index (χ2n) is 4.09. The number of thiophene rings is 1. The van der Waals surface area contributed by atoms with Gasteiger partial charge in [-0.2, -0.15) is 13.2 Å². The van der Waals surface area contributed by atoms with E-state index in [2.05, 4.69) is 11.8 Å². The van der Waals surface area contributed by atoms with E-state index in [4.69, 9.17) is 5.11 Å². The minimum atomic E-state index is -4.59. The third-order valence-corrected chi connectivity index (χ3v) is 3.54. The van der Waals surface area contributed by atoms with Gasteiger partial charge in [0.05, 0.1) is 6.54 Å². The fraction of sp³-hybridized carbons (Fsp3) is 0.214. The monoisotopic (exact) mass is 313 g/mol. The molecular formula is C14H10F3NO2S. The van der Waals surface area contributed by atoms with Crippen LogP contribution in [0.4, 0.5) is 13.2 Å². The smallest absolute Gasteiger partial charge is 0.384 e. The topological polar surface area (TPSA) is 42.2 Å². The highest BCUT2D eigenvalue weighted by atomic mass is 32.1. The molecule has 2 aromatic rings. The van der Waals surface area contributed by atoms with E-state index in [0.29, 0.717) is 15.0 Å². The van der Waals surface area contributed by atoms with E-state index in [9.17, 15) is 18.0 Å². The maximum atomic E-state index is 12.9. The largest absolute Gasteiger partial charge is 0.431 e. The predicted octanol–water partition coefficient (Wildman–Crippen LogP) is 2.32. The Bertz CT molecular complexity index is 750. The van der Waals surface area contributed by atoms with E-state index < -0.39 is 17.4 Å². The fourth-order valence-electron chi connectivity index (χ4n) is 1.76. The third kappa shape index (κ3) is 3.74. The first-order valence-electron chi connectivity index (χ1n) is 5.86.